The van der Waals surface area contributed by atoms with Crippen LogP contribution in [0.2, 0.25) is 0 Å². The second-order valence-electron chi connectivity index (χ2n) is 4.30. The van der Waals surface area contributed by atoms with Crippen LogP contribution in [0.4, 0.5) is 0 Å². The molecule has 84 valence electrons. The first-order valence-electron chi connectivity index (χ1n) is 5.65. The van der Waals surface area contributed by atoms with Crippen molar-refractivity contribution in [2.45, 2.75) is 26.2 Å². The molecule has 2 rings (SSSR count). The van der Waals surface area contributed by atoms with Crippen LogP contribution in [0.1, 0.15) is 31.7 Å². The number of Topliss-reactive ketones (excluding diaryl/α,β-unsaturated/α-hetero) is 1. The molecular formula is C14H16O2. The van der Waals surface area contributed by atoms with Gasteiger partial charge in [0.1, 0.15) is 0 Å². The molecule has 2 atom stereocenters. The largest absolute Gasteiger partial charge is 0.504 e. The van der Waals surface area contributed by atoms with Crippen LogP contribution in [-0.4, -0.2) is 10.9 Å². The monoisotopic (exact) mass is 216 g/mol. The summed E-state index contributed by atoms with van der Waals surface area (Å²) in [5.74, 6) is -0.171. The number of aliphatic hydroxyl groups is 1. The number of aliphatic hydroxyl groups excluding tert-OH is 1. The number of carbonyl (C=O) groups is 1. The zero-order chi connectivity index (χ0) is 11.7. The maximum Gasteiger partial charge on any atom is 0.201 e. The van der Waals surface area contributed by atoms with Gasteiger partial charge in [-0.05, 0) is 24.5 Å². The van der Waals surface area contributed by atoms with Crippen LogP contribution in [-0.2, 0) is 4.79 Å². The first-order valence-corrected chi connectivity index (χ1v) is 5.65. The molecular weight excluding hydrogens is 200 g/mol. The van der Waals surface area contributed by atoms with Gasteiger partial charge in [-0.2, -0.15) is 0 Å². The van der Waals surface area contributed by atoms with Gasteiger partial charge in [0.2, 0.25) is 5.78 Å². The van der Waals surface area contributed by atoms with E-state index in [1.165, 1.54) is 0 Å². The second-order valence-corrected chi connectivity index (χ2v) is 4.30. The Morgan fingerprint density at radius 3 is 2.44 bits per heavy atom. The van der Waals surface area contributed by atoms with E-state index in [9.17, 15) is 9.90 Å². The first-order chi connectivity index (χ1) is 7.66. The molecule has 0 radical (unpaired) electrons. The second kappa shape index (κ2) is 4.12. The standard InChI is InChI=1S/C14H16O2/c1-3-11-12(9(2)13(15)14(11)16)10-7-5-4-6-8-10/h4-8,11-12,15H,3H2,1-2H3/t11-,12-/m1/s1. The molecule has 1 aliphatic carbocycles. The predicted octanol–water partition coefficient (Wildman–Crippen LogP) is 3.21. The molecule has 16 heavy (non-hydrogen) atoms. The quantitative estimate of drug-likeness (QED) is 0.824. The number of hydrogen-bond donors (Lipinski definition) is 1. The fraction of sp³-hybridized carbons (Fsp3) is 0.357. The minimum Gasteiger partial charge on any atom is -0.504 e. The normalized spacial score (nSPS) is 25.2. The van der Waals surface area contributed by atoms with Gasteiger partial charge in [-0.1, -0.05) is 37.3 Å². The Labute approximate surface area is 95.6 Å². The number of allylic oxidation sites excluding steroid dienone is 2. The highest BCUT2D eigenvalue weighted by molar-refractivity contribution is 5.99. The van der Waals surface area contributed by atoms with Gasteiger partial charge in [0, 0.05) is 11.8 Å². The third-order valence-corrected chi connectivity index (χ3v) is 3.41. The highest BCUT2D eigenvalue weighted by Gasteiger charge is 2.39. The lowest BCUT2D eigenvalue weighted by atomic mass is 9.83. The Kier molecular flexibility index (Phi) is 2.82. The van der Waals surface area contributed by atoms with Crippen LogP contribution >= 0.6 is 0 Å². The summed E-state index contributed by atoms with van der Waals surface area (Å²) in [6.07, 6.45) is 0.764. The molecule has 0 fully saturated rings. The van der Waals surface area contributed by atoms with Crippen molar-refractivity contribution in [3.63, 3.8) is 0 Å². The number of ketones is 1. The molecule has 0 unspecified atom stereocenters. The maximum absolute atomic E-state index is 11.8. The molecule has 2 nitrogen and oxygen atoms in total. The van der Waals surface area contributed by atoms with Gasteiger partial charge >= 0.3 is 0 Å². The van der Waals surface area contributed by atoms with Crippen LogP contribution in [0.25, 0.3) is 0 Å². The van der Waals surface area contributed by atoms with Gasteiger partial charge in [0.05, 0.1) is 0 Å². The molecule has 1 N–H and O–H groups in total. The lowest BCUT2D eigenvalue weighted by Crippen LogP contribution is -2.15. The molecule has 0 heterocycles. The van der Waals surface area contributed by atoms with Gasteiger partial charge in [0.25, 0.3) is 0 Å². The van der Waals surface area contributed by atoms with Gasteiger partial charge in [-0.15, -0.1) is 0 Å². The first kappa shape index (κ1) is 10.9. The van der Waals surface area contributed by atoms with Crippen molar-refractivity contribution in [1.82, 2.24) is 0 Å². The third-order valence-electron chi connectivity index (χ3n) is 3.41. The summed E-state index contributed by atoms with van der Waals surface area (Å²) in [5, 5.41) is 9.73. The van der Waals surface area contributed by atoms with Gasteiger partial charge in [-0.3, -0.25) is 4.79 Å². The molecule has 2 heteroatoms. The molecule has 0 amide bonds. The van der Waals surface area contributed by atoms with Crippen LogP contribution in [0.5, 0.6) is 0 Å². The van der Waals surface area contributed by atoms with Gasteiger partial charge < -0.3 is 5.11 Å². The Hall–Kier alpha value is -1.57. The van der Waals surface area contributed by atoms with Crippen molar-refractivity contribution in [1.29, 1.82) is 0 Å². The summed E-state index contributed by atoms with van der Waals surface area (Å²) in [4.78, 5) is 11.8. The predicted molar refractivity (Wildman–Crippen MR) is 63.3 cm³/mol. The van der Waals surface area contributed by atoms with E-state index in [1.54, 1.807) is 0 Å². The number of carbonyl (C=O) groups excluding carboxylic acids is 1. The molecule has 0 saturated heterocycles. The molecule has 0 aliphatic heterocycles. The van der Waals surface area contributed by atoms with Crippen LogP contribution in [0.15, 0.2) is 41.7 Å². The van der Waals surface area contributed by atoms with Gasteiger partial charge in [0.15, 0.2) is 5.76 Å². The summed E-state index contributed by atoms with van der Waals surface area (Å²) in [6, 6.07) is 9.93. The lowest BCUT2D eigenvalue weighted by Gasteiger charge is -2.18. The number of hydrogen-bond acceptors (Lipinski definition) is 2. The maximum atomic E-state index is 11.8. The minimum absolute atomic E-state index is 0.0271. The third kappa shape index (κ3) is 1.54. The zero-order valence-electron chi connectivity index (χ0n) is 9.60. The Morgan fingerprint density at radius 1 is 1.25 bits per heavy atom. The average molecular weight is 216 g/mol. The minimum atomic E-state index is -0.103. The van der Waals surface area contributed by atoms with E-state index >= 15 is 0 Å². The Balaban J connectivity index is 2.44. The van der Waals surface area contributed by atoms with Crippen LogP contribution < -0.4 is 0 Å². The lowest BCUT2D eigenvalue weighted by molar-refractivity contribution is -0.120. The highest BCUT2D eigenvalue weighted by Crippen LogP contribution is 2.42. The molecule has 0 bridgehead atoms. The van der Waals surface area contributed by atoms with Crippen LogP contribution in [0.3, 0.4) is 0 Å². The molecule has 0 saturated carbocycles. The molecule has 0 aromatic heterocycles. The Morgan fingerprint density at radius 2 is 1.88 bits per heavy atom. The van der Waals surface area contributed by atoms with Crippen molar-refractivity contribution in [3.05, 3.63) is 47.2 Å². The van der Waals surface area contributed by atoms with Crippen LogP contribution in [0, 0.1) is 5.92 Å². The zero-order valence-corrected chi connectivity index (χ0v) is 9.60. The van der Waals surface area contributed by atoms with E-state index in [4.69, 9.17) is 0 Å². The summed E-state index contributed by atoms with van der Waals surface area (Å²) in [6.45, 7) is 3.84. The summed E-state index contributed by atoms with van der Waals surface area (Å²) >= 11 is 0. The fourth-order valence-corrected chi connectivity index (χ4v) is 2.53. The van der Waals surface area contributed by atoms with E-state index in [0.717, 1.165) is 17.6 Å². The van der Waals surface area contributed by atoms with Crippen molar-refractivity contribution in [2.75, 3.05) is 0 Å². The van der Waals surface area contributed by atoms with Crippen molar-refractivity contribution < 1.29 is 9.90 Å². The Bertz CT molecular complexity index is 431. The summed E-state index contributed by atoms with van der Waals surface area (Å²) < 4.78 is 0. The smallest absolute Gasteiger partial charge is 0.201 e. The number of rotatable bonds is 2. The van der Waals surface area contributed by atoms with E-state index in [-0.39, 0.29) is 23.4 Å². The fourth-order valence-electron chi connectivity index (χ4n) is 2.53. The van der Waals surface area contributed by atoms with Crippen molar-refractivity contribution in [2.24, 2.45) is 5.92 Å². The molecule has 0 spiro atoms. The average Bonchev–Trinajstić information content (AvgIpc) is 2.54. The topological polar surface area (TPSA) is 37.3 Å². The highest BCUT2D eigenvalue weighted by atomic mass is 16.3. The summed E-state index contributed by atoms with van der Waals surface area (Å²) in [7, 11) is 0. The van der Waals surface area contributed by atoms with Crippen molar-refractivity contribution >= 4 is 5.78 Å². The van der Waals surface area contributed by atoms with E-state index in [1.807, 2.05) is 44.2 Å². The SMILES string of the molecule is CC[C@H]1C(=O)C(O)=C(C)[C@@H]1c1ccccc1. The number of benzene rings is 1. The van der Waals surface area contributed by atoms with E-state index in [0.29, 0.717) is 0 Å². The van der Waals surface area contributed by atoms with Crippen molar-refractivity contribution in [3.8, 4) is 0 Å². The van der Waals surface area contributed by atoms with E-state index < -0.39 is 0 Å². The van der Waals surface area contributed by atoms with E-state index in [2.05, 4.69) is 0 Å². The summed E-state index contributed by atoms with van der Waals surface area (Å²) in [5.41, 5.74) is 1.92. The molecule has 1 aromatic carbocycles. The molecule has 1 aliphatic rings. The van der Waals surface area contributed by atoms with Gasteiger partial charge in [-0.25, -0.2) is 0 Å². The molecule has 1 aromatic rings.